The Morgan fingerprint density at radius 1 is 1.35 bits per heavy atom. The Kier molecular flexibility index (Phi) is 2.74. The second kappa shape index (κ2) is 4.21. The Balaban J connectivity index is 2.74. The second-order valence-corrected chi connectivity index (χ2v) is 3.57. The third-order valence-electron chi connectivity index (χ3n) is 2.50. The van der Waals surface area contributed by atoms with Crippen LogP contribution in [0.5, 0.6) is 0 Å². The molecule has 0 amide bonds. The lowest BCUT2D eigenvalue weighted by atomic mass is 10.2. The summed E-state index contributed by atoms with van der Waals surface area (Å²) in [6.07, 6.45) is 1.61. The van der Waals surface area contributed by atoms with Crippen molar-refractivity contribution in [2.24, 2.45) is 0 Å². The minimum atomic E-state index is -0.456. The van der Waals surface area contributed by atoms with Crippen LogP contribution in [0, 0.1) is 10.1 Å². The molecule has 0 aliphatic rings. The molecule has 1 aromatic carbocycles. The van der Waals surface area contributed by atoms with E-state index >= 15 is 0 Å². The van der Waals surface area contributed by atoms with Crippen molar-refractivity contribution >= 4 is 16.6 Å². The van der Waals surface area contributed by atoms with Gasteiger partial charge in [0.2, 0.25) is 0 Å². The van der Waals surface area contributed by atoms with E-state index in [0.29, 0.717) is 17.4 Å². The van der Waals surface area contributed by atoms with E-state index < -0.39 is 4.92 Å². The molecule has 0 unspecified atom stereocenters. The summed E-state index contributed by atoms with van der Waals surface area (Å²) in [6.45, 7) is 3.96. The van der Waals surface area contributed by atoms with Crippen molar-refractivity contribution in [1.29, 1.82) is 0 Å². The summed E-state index contributed by atoms with van der Waals surface area (Å²) in [5.41, 5.74) is 0.538. The molecule has 86 valence electrons. The summed E-state index contributed by atoms with van der Waals surface area (Å²) in [5.74, 6) is 0. The first-order valence-electron chi connectivity index (χ1n) is 5.02. The third-order valence-corrected chi connectivity index (χ3v) is 2.50. The predicted molar refractivity (Wildman–Crippen MR) is 65.1 cm³/mol. The Labute approximate surface area is 96.8 Å². The average molecular weight is 230 g/mol. The number of hydrogen-bond acceptors (Lipinski definition) is 3. The number of allylic oxidation sites excluding steroid dienone is 1. The van der Waals surface area contributed by atoms with Gasteiger partial charge in [-0.15, -0.1) is 6.58 Å². The van der Waals surface area contributed by atoms with Gasteiger partial charge in [0.15, 0.2) is 0 Å². The molecule has 0 radical (unpaired) electrons. The Bertz CT molecular complexity index is 658. The summed E-state index contributed by atoms with van der Waals surface area (Å²) in [4.78, 5) is 21.8. The molecule has 5 nitrogen and oxygen atoms in total. The first-order chi connectivity index (χ1) is 8.13. The van der Waals surface area contributed by atoms with Crippen molar-refractivity contribution < 1.29 is 4.92 Å². The van der Waals surface area contributed by atoms with E-state index in [1.54, 1.807) is 18.2 Å². The molecule has 0 bridgehead atoms. The fourth-order valence-electron chi connectivity index (χ4n) is 1.72. The number of pyridine rings is 1. The van der Waals surface area contributed by atoms with Crippen molar-refractivity contribution in [3.05, 3.63) is 63.5 Å². The Morgan fingerprint density at radius 3 is 2.76 bits per heavy atom. The lowest BCUT2D eigenvalue weighted by Crippen LogP contribution is -2.18. The lowest BCUT2D eigenvalue weighted by molar-refractivity contribution is -0.384. The van der Waals surface area contributed by atoms with Crippen LogP contribution in [0.15, 0.2) is 47.8 Å². The number of benzene rings is 1. The number of nitro groups is 1. The zero-order chi connectivity index (χ0) is 12.4. The number of non-ortho nitro benzene ring substituents is 1. The van der Waals surface area contributed by atoms with Crippen LogP contribution in [0.4, 0.5) is 5.69 Å². The first kappa shape index (κ1) is 11.1. The summed E-state index contributed by atoms with van der Waals surface area (Å²) >= 11 is 0. The van der Waals surface area contributed by atoms with Crippen molar-refractivity contribution in [3.8, 4) is 0 Å². The molecule has 5 heteroatoms. The summed E-state index contributed by atoms with van der Waals surface area (Å²) in [5, 5.41) is 11.3. The lowest BCUT2D eigenvalue weighted by Gasteiger charge is -2.06. The predicted octanol–water partition coefficient (Wildman–Crippen LogP) is 2.10. The summed E-state index contributed by atoms with van der Waals surface area (Å²) in [6, 6.07) is 7.41. The van der Waals surface area contributed by atoms with Crippen molar-refractivity contribution in [2.75, 3.05) is 0 Å². The van der Waals surface area contributed by atoms with Gasteiger partial charge in [0, 0.05) is 30.1 Å². The fourth-order valence-corrected chi connectivity index (χ4v) is 1.72. The van der Waals surface area contributed by atoms with Crippen LogP contribution in [0.25, 0.3) is 10.9 Å². The van der Waals surface area contributed by atoms with Crippen LogP contribution in [-0.4, -0.2) is 9.49 Å². The molecule has 0 aliphatic heterocycles. The molecule has 0 atom stereocenters. The molecule has 0 spiro atoms. The fraction of sp³-hybridized carbons (Fsp3) is 0.0833. The van der Waals surface area contributed by atoms with Gasteiger partial charge in [-0.2, -0.15) is 0 Å². The van der Waals surface area contributed by atoms with Gasteiger partial charge in [0.1, 0.15) is 0 Å². The van der Waals surface area contributed by atoms with E-state index in [1.807, 2.05) is 0 Å². The largest absolute Gasteiger partial charge is 0.304 e. The van der Waals surface area contributed by atoms with Crippen molar-refractivity contribution in [2.45, 2.75) is 6.54 Å². The van der Waals surface area contributed by atoms with E-state index in [2.05, 4.69) is 6.58 Å². The zero-order valence-corrected chi connectivity index (χ0v) is 9.00. The number of hydrogen-bond donors (Lipinski definition) is 0. The van der Waals surface area contributed by atoms with Gasteiger partial charge in [-0.25, -0.2) is 0 Å². The minimum absolute atomic E-state index is 0.0151. The van der Waals surface area contributed by atoms with Gasteiger partial charge >= 0.3 is 0 Å². The quantitative estimate of drug-likeness (QED) is 0.460. The van der Waals surface area contributed by atoms with Gasteiger partial charge in [0.25, 0.3) is 11.2 Å². The van der Waals surface area contributed by atoms with Crippen molar-refractivity contribution in [1.82, 2.24) is 4.57 Å². The van der Waals surface area contributed by atoms with Gasteiger partial charge < -0.3 is 4.57 Å². The molecular weight excluding hydrogens is 220 g/mol. The molecule has 0 N–H and O–H groups in total. The van der Waals surface area contributed by atoms with E-state index in [-0.39, 0.29) is 11.2 Å². The molecule has 0 saturated carbocycles. The highest BCUT2D eigenvalue weighted by Crippen LogP contribution is 2.19. The van der Waals surface area contributed by atoms with E-state index in [4.69, 9.17) is 0 Å². The number of nitrogens with zero attached hydrogens (tertiary/aromatic N) is 2. The molecule has 2 aromatic rings. The topological polar surface area (TPSA) is 65.1 Å². The minimum Gasteiger partial charge on any atom is -0.304 e. The van der Waals surface area contributed by atoms with Crippen LogP contribution in [0.1, 0.15) is 0 Å². The first-order valence-corrected chi connectivity index (χ1v) is 5.02. The second-order valence-electron chi connectivity index (χ2n) is 3.57. The van der Waals surface area contributed by atoms with Gasteiger partial charge in [-0.05, 0) is 12.1 Å². The Hall–Kier alpha value is -2.43. The summed E-state index contributed by atoms with van der Waals surface area (Å²) < 4.78 is 1.52. The van der Waals surface area contributed by atoms with Crippen LogP contribution in [-0.2, 0) is 6.54 Å². The smallest absolute Gasteiger partial charge is 0.270 e. The van der Waals surface area contributed by atoms with Crippen LogP contribution < -0.4 is 5.56 Å². The molecule has 0 fully saturated rings. The summed E-state index contributed by atoms with van der Waals surface area (Å²) in [7, 11) is 0. The highest BCUT2D eigenvalue weighted by atomic mass is 16.6. The van der Waals surface area contributed by atoms with Crippen LogP contribution in [0.2, 0.25) is 0 Å². The number of aromatic nitrogens is 1. The number of nitro benzene ring substituents is 1. The maximum absolute atomic E-state index is 11.6. The van der Waals surface area contributed by atoms with Gasteiger partial charge in [-0.3, -0.25) is 14.9 Å². The Morgan fingerprint density at radius 2 is 2.12 bits per heavy atom. The highest BCUT2D eigenvalue weighted by molar-refractivity contribution is 5.81. The molecule has 1 aromatic heterocycles. The molecule has 17 heavy (non-hydrogen) atoms. The molecule has 0 saturated heterocycles. The molecule has 2 rings (SSSR count). The molecule has 0 aliphatic carbocycles. The number of fused-ring (bicyclic) bond motifs is 1. The average Bonchev–Trinajstić information content (AvgIpc) is 2.32. The van der Waals surface area contributed by atoms with Crippen LogP contribution in [0.3, 0.4) is 0 Å². The SMILES string of the molecule is C=CCn1c(=O)ccc2cc([N+](=O)[O-])ccc21. The molecular formula is C12H10N2O3. The van der Waals surface area contributed by atoms with E-state index in [0.717, 1.165) is 0 Å². The van der Waals surface area contributed by atoms with E-state index in [1.165, 1.54) is 22.8 Å². The third kappa shape index (κ3) is 1.94. The van der Waals surface area contributed by atoms with Crippen LogP contribution >= 0.6 is 0 Å². The zero-order valence-electron chi connectivity index (χ0n) is 9.00. The normalized spacial score (nSPS) is 10.4. The highest BCUT2D eigenvalue weighted by Gasteiger charge is 2.08. The van der Waals surface area contributed by atoms with Crippen molar-refractivity contribution in [3.63, 3.8) is 0 Å². The maximum Gasteiger partial charge on any atom is 0.270 e. The monoisotopic (exact) mass is 230 g/mol. The maximum atomic E-state index is 11.6. The number of rotatable bonds is 3. The van der Waals surface area contributed by atoms with Gasteiger partial charge in [-0.1, -0.05) is 6.08 Å². The van der Waals surface area contributed by atoms with E-state index in [9.17, 15) is 14.9 Å². The van der Waals surface area contributed by atoms with Gasteiger partial charge in [0.05, 0.1) is 10.4 Å². The molecule has 1 heterocycles. The standard InChI is InChI=1S/C12H10N2O3/c1-2-7-13-11-5-4-10(14(16)17)8-9(11)3-6-12(13)15/h2-6,8H,1,7H2.